The van der Waals surface area contributed by atoms with Gasteiger partial charge in [-0.25, -0.2) is 8.42 Å². The second kappa shape index (κ2) is 10.3. The molecule has 212 valence electrons. The van der Waals surface area contributed by atoms with Crippen LogP contribution in [0, 0.1) is 58.2 Å². The number of rotatable bonds is 7. The normalized spacial score (nSPS) is 45.8. The number of aliphatic hydroxyl groups is 2. The number of aliphatic hydroxyl groups excluding tert-OH is 2. The minimum Gasteiger partial charge on any atom is -0.726 e. The van der Waals surface area contributed by atoms with Crippen molar-refractivity contribution < 1.29 is 27.4 Å². The standard InChI is InChI=1S/C30H50O6S/c1-17(2)20(18(3)4)9-8-19(5)22-10-11-23-21-14-28(36-37(33,34)35)25-15-26(31)27(32)16-30(25,7)24(21)12-13-29(22,23)6/h8-9,18-28,31-32H,1,10-16H2,2-7H3,(H,33,34,35)/p-1/b9-8-/t19-,20?,21+,22-,23+,24+,25-,26+,27+,28+,29-,30-/m1/s1. The van der Waals surface area contributed by atoms with E-state index in [4.69, 9.17) is 4.18 Å². The van der Waals surface area contributed by atoms with Crippen LogP contribution in [0.2, 0.25) is 0 Å². The van der Waals surface area contributed by atoms with Crippen LogP contribution in [0.3, 0.4) is 0 Å². The van der Waals surface area contributed by atoms with Gasteiger partial charge in [0.2, 0.25) is 10.4 Å². The third kappa shape index (κ3) is 5.37. The Balaban J connectivity index is 1.61. The fraction of sp³-hybridized carbons (Fsp3) is 0.867. The van der Waals surface area contributed by atoms with Crippen LogP contribution in [0.4, 0.5) is 0 Å². The molecular formula is C30H49O6S-. The lowest BCUT2D eigenvalue weighted by Gasteiger charge is -2.63. The first-order valence-electron chi connectivity index (χ1n) is 14.4. The summed E-state index contributed by atoms with van der Waals surface area (Å²) in [6, 6.07) is 0. The largest absolute Gasteiger partial charge is 0.726 e. The van der Waals surface area contributed by atoms with Crippen LogP contribution in [0.5, 0.6) is 0 Å². The van der Waals surface area contributed by atoms with Crippen LogP contribution in [-0.4, -0.2) is 41.5 Å². The summed E-state index contributed by atoms with van der Waals surface area (Å²) >= 11 is 0. The quantitative estimate of drug-likeness (QED) is 0.253. The summed E-state index contributed by atoms with van der Waals surface area (Å²) in [7, 11) is -4.87. The molecule has 0 aromatic carbocycles. The summed E-state index contributed by atoms with van der Waals surface area (Å²) in [5.41, 5.74) is 0.963. The van der Waals surface area contributed by atoms with Crippen molar-refractivity contribution in [1.29, 1.82) is 0 Å². The highest BCUT2D eigenvalue weighted by atomic mass is 32.3. The molecule has 4 rings (SSSR count). The van der Waals surface area contributed by atoms with Crippen LogP contribution in [0.15, 0.2) is 24.3 Å². The fourth-order valence-corrected chi connectivity index (χ4v) is 10.4. The van der Waals surface area contributed by atoms with Gasteiger partial charge in [-0.3, -0.25) is 4.18 Å². The molecule has 4 saturated carbocycles. The number of hydrogen-bond acceptors (Lipinski definition) is 6. The molecule has 4 fully saturated rings. The molecule has 0 aromatic heterocycles. The molecule has 0 spiro atoms. The highest BCUT2D eigenvalue weighted by Gasteiger charge is 2.63. The molecular weight excluding hydrogens is 488 g/mol. The third-order valence-corrected chi connectivity index (χ3v) is 12.0. The Morgan fingerprint density at radius 3 is 2.24 bits per heavy atom. The average molecular weight is 538 g/mol. The van der Waals surface area contributed by atoms with Gasteiger partial charge in [-0.15, -0.1) is 0 Å². The van der Waals surface area contributed by atoms with E-state index in [1.807, 2.05) is 0 Å². The zero-order valence-corrected chi connectivity index (χ0v) is 24.4. The van der Waals surface area contributed by atoms with Crippen molar-refractivity contribution in [3.05, 3.63) is 24.3 Å². The number of hydrogen-bond donors (Lipinski definition) is 2. The highest BCUT2D eigenvalue weighted by molar-refractivity contribution is 7.80. The highest BCUT2D eigenvalue weighted by Crippen LogP contribution is 2.68. The monoisotopic (exact) mass is 537 g/mol. The molecule has 1 unspecified atom stereocenters. The topological polar surface area (TPSA) is 107 Å². The summed E-state index contributed by atoms with van der Waals surface area (Å²) in [6.07, 6.45) is 7.87. The van der Waals surface area contributed by atoms with E-state index >= 15 is 0 Å². The molecule has 0 radical (unpaired) electrons. The molecule has 0 heterocycles. The van der Waals surface area contributed by atoms with Crippen LogP contribution in [-0.2, 0) is 14.6 Å². The van der Waals surface area contributed by atoms with Crippen molar-refractivity contribution in [2.75, 3.05) is 0 Å². The van der Waals surface area contributed by atoms with Crippen molar-refractivity contribution in [2.24, 2.45) is 58.2 Å². The summed E-state index contributed by atoms with van der Waals surface area (Å²) in [4.78, 5) is 0. The maximum Gasteiger partial charge on any atom is 0.217 e. The van der Waals surface area contributed by atoms with Gasteiger partial charge in [-0.1, -0.05) is 58.9 Å². The van der Waals surface area contributed by atoms with E-state index < -0.39 is 28.7 Å². The van der Waals surface area contributed by atoms with Crippen LogP contribution >= 0.6 is 0 Å². The third-order valence-electron chi connectivity index (χ3n) is 11.5. The summed E-state index contributed by atoms with van der Waals surface area (Å²) in [6.45, 7) is 17.7. The zero-order chi connectivity index (χ0) is 27.5. The second-order valence-electron chi connectivity index (χ2n) is 13.9. The molecule has 0 saturated heterocycles. The van der Waals surface area contributed by atoms with E-state index in [0.717, 1.165) is 25.7 Å². The Hall–Kier alpha value is -0.730. The Morgan fingerprint density at radius 2 is 1.65 bits per heavy atom. The summed E-state index contributed by atoms with van der Waals surface area (Å²) < 4.78 is 40.4. The van der Waals surface area contributed by atoms with Gasteiger partial charge in [0.05, 0.1) is 18.3 Å². The van der Waals surface area contributed by atoms with Crippen LogP contribution in [0.25, 0.3) is 0 Å². The van der Waals surface area contributed by atoms with E-state index in [1.54, 1.807) is 0 Å². The van der Waals surface area contributed by atoms with Crippen molar-refractivity contribution in [3.63, 3.8) is 0 Å². The van der Waals surface area contributed by atoms with Gasteiger partial charge < -0.3 is 14.8 Å². The smallest absolute Gasteiger partial charge is 0.217 e. The van der Waals surface area contributed by atoms with Crippen LogP contribution < -0.4 is 0 Å². The van der Waals surface area contributed by atoms with Gasteiger partial charge in [0.15, 0.2) is 0 Å². The van der Waals surface area contributed by atoms with E-state index in [9.17, 15) is 23.2 Å². The van der Waals surface area contributed by atoms with E-state index in [-0.39, 0.29) is 29.1 Å². The summed E-state index contributed by atoms with van der Waals surface area (Å²) in [5, 5.41) is 21.1. The Bertz CT molecular complexity index is 990. The van der Waals surface area contributed by atoms with Gasteiger partial charge >= 0.3 is 0 Å². The molecule has 6 nitrogen and oxygen atoms in total. The molecule has 0 aliphatic heterocycles. The second-order valence-corrected chi connectivity index (χ2v) is 14.9. The minimum absolute atomic E-state index is 0.137. The zero-order valence-electron chi connectivity index (χ0n) is 23.6. The SMILES string of the molecule is C=C(C)C(/C=C\[C@@H](C)[C@H]1CC[C@H]2[C@@H]3C[C@H](OS(=O)(=O)[O-])[C@H]4C[C@H](O)[C@@H](O)C[C@]4(C)[C@H]3CC[C@]12C)C(C)C. The molecule has 0 bridgehead atoms. The van der Waals surface area contributed by atoms with E-state index in [2.05, 4.69) is 60.3 Å². The Kier molecular flexibility index (Phi) is 8.18. The predicted molar refractivity (Wildman–Crippen MR) is 144 cm³/mol. The molecule has 7 heteroatoms. The molecule has 4 aliphatic rings. The van der Waals surface area contributed by atoms with Gasteiger partial charge in [0.25, 0.3) is 0 Å². The lowest BCUT2D eigenvalue weighted by Crippen LogP contribution is -2.61. The first-order valence-corrected chi connectivity index (χ1v) is 15.8. The minimum atomic E-state index is -4.87. The van der Waals surface area contributed by atoms with Crippen LogP contribution in [0.1, 0.15) is 86.5 Å². The fourth-order valence-electron chi connectivity index (χ4n) is 9.84. The maximum atomic E-state index is 11.7. The Labute approximate surface area is 224 Å². The number of fused-ring (bicyclic) bond motifs is 5. The van der Waals surface area contributed by atoms with Crippen molar-refractivity contribution in [3.8, 4) is 0 Å². The maximum absolute atomic E-state index is 11.7. The van der Waals surface area contributed by atoms with E-state index in [1.165, 1.54) is 5.57 Å². The first kappa shape index (κ1) is 29.3. The van der Waals surface area contributed by atoms with Crippen molar-refractivity contribution in [1.82, 2.24) is 0 Å². The van der Waals surface area contributed by atoms with E-state index in [0.29, 0.717) is 48.3 Å². The van der Waals surface area contributed by atoms with Gasteiger partial charge in [0, 0.05) is 0 Å². The molecule has 2 N–H and O–H groups in total. The van der Waals surface area contributed by atoms with Gasteiger partial charge in [-0.05, 0) is 110 Å². The molecule has 0 amide bonds. The molecule has 37 heavy (non-hydrogen) atoms. The number of allylic oxidation sites excluding steroid dienone is 3. The van der Waals surface area contributed by atoms with Gasteiger partial charge in [-0.2, -0.15) is 0 Å². The molecule has 0 aromatic rings. The predicted octanol–water partition coefficient (Wildman–Crippen LogP) is 5.47. The lowest BCUT2D eigenvalue weighted by molar-refractivity contribution is -0.190. The van der Waals surface area contributed by atoms with Crippen molar-refractivity contribution >= 4 is 10.4 Å². The average Bonchev–Trinajstić information content (AvgIpc) is 3.11. The summed E-state index contributed by atoms with van der Waals surface area (Å²) in [5.74, 6) is 2.60. The first-order chi connectivity index (χ1) is 17.1. The lowest BCUT2D eigenvalue weighted by atomic mass is 9.43. The molecule has 12 atom stereocenters. The van der Waals surface area contributed by atoms with Crippen molar-refractivity contribution in [2.45, 2.75) is 105 Å². The molecule has 4 aliphatic carbocycles. The van der Waals surface area contributed by atoms with Gasteiger partial charge in [0.1, 0.15) is 0 Å². The Morgan fingerprint density at radius 1 is 1.00 bits per heavy atom.